The van der Waals surface area contributed by atoms with Crippen LogP contribution in [0.25, 0.3) is 10.9 Å². The number of rotatable bonds is 5. The van der Waals surface area contributed by atoms with Gasteiger partial charge in [0, 0.05) is 52.7 Å². The summed E-state index contributed by atoms with van der Waals surface area (Å²) in [6.45, 7) is 2.22. The summed E-state index contributed by atoms with van der Waals surface area (Å²) >= 11 is 12.3. The lowest BCUT2D eigenvalue weighted by molar-refractivity contribution is 0.0950. The van der Waals surface area contributed by atoms with E-state index in [-0.39, 0.29) is 5.91 Å². The molecule has 0 atom stereocenters. The number of fused-ring (bicyclic) bond motifs is 1. The number of halogens is 2. The molecule has 31 heavy (non-hydrogen) atoms. The molecule has 0 aliphatic heterocycles. The van der Waals surface area contributed by atoms with Gasteiger partial charge in [0.2, 0.25) is 0 Å². The second-order valence-electron chi connectivity index (χ2n) is 7.17. The molecule has 0 saturated heterocycles. The van der Waals surface area contributed by atoms with Crippen molar-refractivity contribution in [1.82, 2.24) is 20.3 Å². The standard InChI is InChI=1S/C23H19Cl2N5O/c1-13-15(2-3-21(26)30-13)11-29-23(31)14-4-5-27-20(9-14)10-17-7-18(24)6-16-8-19(25)12-28-22(16)17/h2-9,12H,10-11H2,1H3,(H2,26,30)(H,29,31). The van der Waals surface area contributed by atoms with Gasteiger partial charge in [0.25, 0.3) is 5.91 Å². The summed E-state index contributed by atoms with van der Waals surface area (Å²) in [7, 11) is 0. The van der Waals surface area contributed by atoms with Crippen molar-refractivity contribution < 1.29 is 4.79 Å². The summed E-state index contributed by atoms with van der Waals surface area (Å²) in [6.07, 6.45) is 3.71. The molecule has 4 aromatic rings. The highest BCUT2D eigenvalue weighted by Crippen LogP contribution is 2.26. The molecule has 0 radical (unpaired) electrons. The van der Waals surface area contributed by atoms with E-state index < -0.39 is 0 Å². The number of nitrogens with zero attached hydrogens (tertiary/aromatic N) is 3. The average molecular weight is 452 g/mol. The van der Waals surface area contributed by atoms with E-state index in [9.17, 15) is 4.79 Å². The van der Waals surface area contributed by atoms with Gasteiger partial charge in [-0.05, 0) is 54.4 Å². The third-order valence-corrected chi connectivity index (χ3v) is 5.32. The smallest absolute Gasteiger partial charge is 0.251 e. The van der Waals surface area contributed by atoms with Crippen molar-refractivity contribution in [1.29, 1.82) is 0 Å². The Kier molecular flexibility index (Phi) is 6.02. The van der Waals surface area contributed by atoms with E-state index in [2.05, 4.69) is 20.3 Å². The largest absolute Gasteiger partial charge is 0.384 e. The number of anilines is 1. The lowest BCUT2D eigenvalue weighted by atomic mass is 10.0. The second-order valence-corrected chi connectivity index (χ2v) is 8.04. The number of nitrogens with two attached hydrogens (primary N) is 1. The van der Waals surface area contributed by atoms with Crippen LogP contribution in [-0.4, -0.2) is 20.9 Å². The van der Waals surface area contributed by atoms with Crippen LogP contribution in [0.15, 0.2) is 54.9 Å². The first-order chi connectivity index (χ1) is 14.9. The molecule has 6 nitrogen and oxygen atoms in total. The second kappa shape index (κ2) is 8.88. The quantitative estimate of drug-likeness (QED) is 0.456. The Morgan fingerprint density at radius 1 is 1.03 bits per heavy atom. The lowest BCUT2D eigenvalue weighted by Crippen LogP contribution is -2.23. The van der Waals surface area contributed by atoms with Crippen molar-refractivity contribution in [3.63, 3.8) is 0 Å². The van der Waals surface area contributed by atoms with Gasteiger partial charge in [-0.1, -0.05) is 29.3 Å². The van der Waals surface area contributed by atoms with E-state index in [0.29, 0.717) is 34.4 Å². The summed E-state index contributed by atoms with van der Waals surface area (Å²) in [5.74, 6) is 0.261. The van der Waals surface area contributed by atoms with Gasteiger partial charge in [-0.2, -0.15) is 0 Å². The number of nitrogen functional groups attached to an aromatic ring is 1. The Morgan fingerprint density at radius 2 is 1.84 bits per heavy atom. The molecule has 0 saturated carbocycles. The molecule has 3 heterocycles. The van der Waals surface area contributed by atoms with Crippen LogP contribution in [-0.2, 0) is 13.0 Å². The molecule has 0 fully saturated rings. The van der Waals surface area contributed by atoms with Gasteiger partial charge >= 0.3 is 0 Å². The van der Waals surface area contributed by atoms with Crippen LogP contribution in [0.1, 0.15) is 32.9 Å². The molecule has 8 heteroatoms. The summed E-state index contributed by atoms with van der Waals surface area (Å²) in [4.78, 5) is 25.7. The first-order valence-corrected chi connectivity index (χ1v) is 10.3. The summed E-state index contributed by atoms with van der Waals surface area (Å²) in [5.41, 5.74) is 10.3. The van der Waals surface area contributed by atoms with Gasteiger partial charge in [0.1, 0.15) is 5.82 Å². The molecule has 0 aliphatic carbocycles. The molecule has 3 N–H and O–H groups in total. The highest BCUT2D eigenvalue weighted by molar-refractivity contribution is 6.32. The Balaban J connectivity index is 1.53. The predicted octanol–water partition coefficient (Wildman–Crippen LogP) is 4.74. The normalized spacial score (nSPS) is 10.9. The number of hydrogen-bond acceptors (Lipinski definition) is 5. The highest BCUT2D eigenvalue weighted by Gasteiger charge is 2.11. The maximum absolute atomic E-state index is 12.7. The number of benzene rings is 1. The van der Waals surface area contributed by atoms with Crippen molar-refractivity contribution in [2.45, 2.75) is 19.9 Å². The molecule has 0 unspecified atom stereocenters. The van der Waals surface area contributed by atoms with Crippen LogP contribution in [0.2, 0.25) is 10.0 Å². The summed E-state index contributed by atoms with van der Waals surface area (Å²) in [5, 5.41) is 4.91. The third-order valence-electron chi connectivity index (χ3n) is 4.90. The van der Waals surface area contributed by atoms with E-state index in [1.54, 1.807) is 30.6 Å². The summed E-state index contributed by atoms with van der Waals surface area (Å²) < 4.78 is 0. The minimum absolute atomic E-state index is 0.194. The molecule has 4 rings (SSSR count). The van der Waals surface area contributed by atoms with Gasteiger partial charge in [-0.15, -0.1) is 0 Å². The van der Waals surface area contributed by atoms with Crippen molar-refractivity contribution in [2.24, 2.45) is 0 Å². The molecule has 0 spiro atoms. The van der Waals surface area contributed by atoms with Crippen LogP contribution >= 0.6 is 23.2 Å². The van der Waals surface area contributed by atoms with Gasteiger partial charge in [-0.25, -0.2) is 4.98 Å². The maximum Gasteiger partial charge on any atom is 0.251 e. The molecule has 3 aromatic heterocycles. The van der Waals surface area contributed by atoms with Gasteiger partial charge in [0.05, 0.1) is 10.5 Å². The van der Waals surface area contributed by atoms with E-state index >= 15 is 0 Å². The minimum Gasteiger partial charge on any atom is -0.384 e. The molecule has 0 aliphatic rings. The predicted molar refractivity (Wildman–Crippen MR) is 123 cm³/mol. The summed E-state index contributed by atoms with van der Waals surface area (Å²) in [6, 6.07) is 12.5. The number of nitrogens with one attached hydrogen (secondary N) is 1. The molecule has 0 bridgehead atoms. The minimum atomic E-state index is -0.194. The van der Waals surface area contributed by atoms with Gasteiger partial charge in [0.15, 0.2) is 0 Å². The molecule has 1 amide bonds. The van der Waals surface area contributed by atoms with Crippen LogP contribution in [0.4, 0.5) is 5.82 Å². The van der Waals surface area contributed by atoms with Crippen LogP contribution in [0.5, 0.6) is 0 Å². The van der Waals surface area contributed by atoms with E-state index in [0.717, 1.165) is 33.4 Å². The molecular formula is C23H19Cl2N5O. The van der Waals surface area contributed by atoms with E-state index in [4.69, 9.17) is 28.9 Å². The van der Waals surface area contributed by atoms with Crippen molar-refractivity contribution >= 4 is 45.8 Å². The number of carbonyl (C=O) groups excluding carboxylic acids is 1. The third kappa shape index (κ3) is 4.93. The maximum atomic E-state index is 12.7. The number of pyridine rings is 3. The average Bonchev–Trinajstić information content (AvgIpc) is 2.72. The van der Waals surface area contributed by atoms with Crippen LogP contribution < -0.4 is 11.1 Å². The number of aryl methyl sites for hydroxylation is 1. The SMILES string of the molecule is Cc1nc(N)ccc1CNC(=O)c1ccnc(Cc2cc(Cl)cc3cc(Cl)cnc23)c1. The Morgan fingerprint density at radius 3 is 2.65 bits per heavy atom. The molecule has 156 valence electrons. The van der Waals surface area contributed by atoms with Crippen molar-refractivity contribution in [2.75, 3.05) is 5.73 Å². The number of hydrogen-bond donors (Lipinski definition) is 2. The fraction of sp³-hybridized carbons (Fsp3) is 0.130. The first-order valence-electron chi connectivity index (χ1n) is 9.58. The number of amides is 1. The van der Waals surface area contributed by atoms with E-state index in [1.807, 2.05) is 31.2 Å². The monoisotopic (exact) mass is 451 g/mol. The Bertz CT molecular complexity index is 1290. The lowest BCUT2D eigenvalue weighted by Gasteiger charge is -2.10. The number of carbonyl (C=O) groups is 1. The zero-order valence-corrected chi connectivity index (χ0v) is 18.2. The Labute approximate surface area is 189 Å². The first kappa shape index (κ1) is 21.0. The number of aromatic nitrogens is 3. The highest BCUT2D eigenvalue weighted by atomic mass is 35.5. The fourth-order valence-electron chi connectivity index (χ4n) is 3.38. The fourth-order valence-corrected chi connectivity index (χ4v) is 3.79. The van der Waals surface area contributed by atoms with Crippen molar-refractivity contribution in [3.05, 3.63) is 93.0 Å². The van der Waals surface area contributed by atoms with Crippen molar-refractivity contribution in [3.8, 4) is 0 Å². The zero-order chi connectivity index (χ0) is 22.0. The van der Waals surface area contributed by atoms with Crippen LogP contribution in [0.3, 0.4) is 0 Å². The Hall–Kier alpha value is -3.22. The van der Waals surface area contributed by atoms with Gasteiger partial charge in [-0.3, -0.25) is 14.8 Å². The zero-order valence-electron chi connectivity index (χ0n) is 16.7. The van der Waals surface area contributed by atoms with Crippen LogP contribution in [0, 0.1) is 6.92 Å². The molecular weight excluding hydrogens is 433 g/mol. The van der Waals surface area contributed by atoms with Gasteiger partial charge < -0.3 is 11.1 Å². The topological polar surface area (TPSA) is 93.8 Å². The van der Waals surface area contributed by atoms with E-state index in [1.165, 1.54) is 0 Å². The molecule has 1 aromatic carbocycles.